The Hall–Kier alpha value is -1.93. The van der Waals surface area contributed by atoms with Crippen molar-refractivity contribution in [3.8, 4) is 0 Å². The highest BCUT2D eigenvalue weighted by Crippen LogP contribution is 2.39. The lowest BCUT2D eigenvalue weighted by Gasteiger charge is -2.38. The Kier molecular flexibility index (Phi) is 5.97. The van der Waals surface area contributed by atoms with Crippen molar-refractivity contribution >= 4 is 20.4 Å². The van der Waals surface area contributed by atoms with Gasteiger partial charge in [0.2, 0.25) is 0 Å². The molecule has 1 aromatic heterocycles. The number of carbonyl (C=O) groups excluding carboxylic acids is 1. The number of hydrogen-bond donors (Lipinski definition) is 1. The predicted molar refractivity (Wildman–Crippen MR) is 109 cm³/mol. The van der Waals surface area contributed by atoms with E-state index in [9.17, 15) is 14.7 Å². The molecule has 0 spiro atoms. The number of fused-ring (bicyclic) bond motifs is 1. The molecule has 2 heterocycles. The van der Waals surface area contributed by atoms with Crippen LogP contribution in [0.1, 0.15) is 69.2 Å². The fraction of sp³-hybridized carbons (Fsp3) is 0.650. The quantitative estimate of drug-likeness (QED) is 0.733. The average molecular weight is 409 g/mol. The lowest BCUT2D eigenvalue weighted by Crippen LogP contribution is -2.44. The smallest absolute Gasteiger partial charge is 0.411 e. The van der Waals surface area contributed by atoms with Gasteiger partial charge in [-0.2, -0.15) is 0 Å². The monoisotopic (exact) mass is 408 g/mol. The van der Waals surface area contributed by atoms with Gasteiger partial charge < -0.3 is 14.3 Å². The third-order valence-electron chi connectivity index (χ3n) is 5.32. The van der Waals surface area contributed by atoms with Crippen LogP contribution in [-0.4, -0.2) is 47.6 Å². The minimum absolute atomic E-state index is 0.0335. The van der Waals surface area contributed by atoms with Gasteiger partial charge in [-0.3, -0.25) is 9.88 Å². The van der Waals surface area contributed by atoms with E-state index in [1.54, 1.807) is 11.0 Å². The van der Waals surface area contributed by atoms with Crippen molar-refractivity contribution in [1.29, 1.82) is 0 Å². The van der Waals surface area contributed by atoms with Crippen LogP contribution in [0.25, 0.3) is 0 Å². The van der Waals surface area contributed by atoms with Gasteiger partial charge in [-0.15, -0.1) is 0 Å². The Bertz CT molecular complexity index is 765. The maximum Gasteiger partial charge on any atom is 0.411 e. The van der Waals surface area contributed by atoms with Crippen molar-refractivity contribution in [2.24, 2.45) is 0 Å². The Labute approximate surface area is 168 Å². The number of carboxylic acids is 1. The van der Waals surface area contributed by atoms with Gasteiger partial charge in [-0.25, -0.2) is 9.59 Å². The summed E-state index contributed by atoms with van der Waals surface area (Å²) in [5.41, 5.74) is 0.870. The topological polar surface area (TPSA) is 89.0 Å². The average Bonchev–Trinajstić information content (AvgIpc) is 2.88. The summed E-state index contributed by atoms with van der Waals surface area (Å²) in [6.07, 6.45) is 0.880. The summed E-state index contributed by atoms with van der Waals surface area (Å²) >= 11 is 0. The molecule has 0 aliphatic carbocycles. The summed E-state index contributed by atoms with van der Waals surface area (Å²) in [6, 6.07) is 1.18. The molecule has 156 valence electrons. The maximum absolute atomic E-state index is 12.8. The van der Waals surface area contributed by atoms with Gasteiger partial charge in [0.1, 0.15) is 11.6 Å². The SMILES string of the molecule is CC(C)(C)OC(=O)N1Cc2cc(C(=O)O)cnc2[C@@H]1CO[Si](C)(C)C(C)(C)C. The van der Waals surface area contributed by atoms with Crippen molar-refractivity contribution in [3.63, 3.8) is 0 Å². The zero-order valence-corrected chi connectivity index (χ0v) is 19.1. The van der Waals surface area contributed by atoms with Crippen LogP contribution in [0.15, 0.2) is 12.3 Å². The molecular formula is C20H32N2O5Si. The summed E-state index contributed by atoms with van der Waals surface area (Å²) in [7, 11) is -2.03. The summed E-state index contributed by atoms with van der Waals surface area (Å²) in [6.45, 7) is 16.8. The zero-order chi connectivity index (χ0) is 21.5. The molecule has 1 amide bonds. The molecule has 7 nitrogen and oxygen atoms in total. The molecule has 0 saturated carbocycles. The molecule has 1 N–H and O–H groups in total. The second-order valence-electron chi connectivity index (χ2n) is 9.77. The molecule has 1 aromatic rings. The van der Waals surface area contributed by atoms with Crippen molar-refractivity contribution < 1.29 is 23.9 Å². The molecule has 0 bridgehead atoms. The van der Waals surface area contributed by atoms with Crippen LogP contribution in [-0.2, 0) is 15.7 Å². The first kappa shape index (κ1) is 22.4. The number of carboxylic acid groups (broad SMARTS) is 1. The van der Waals surface area contributed by atoms with Crippen LogP contribution in [0.4, 0.5) is 4.79 Å². The van der Waals surface area contributed by atoms with E-state index in [0.717, 1.165) is 5.56 Å². The van der Waals surface area contributed by atoms with Gasteiger partial charge in [0.25, 0.3) is 0 Å². The maximum atomic E-state index is 12.8. The Morgan fingerprint density at radius 1 is 1.25 bits per heavy atom. The fourth-order valence-electron chi connectivity index (χ4n) is 2.69. The standard InChI is InChI=1S/C20H32N2O5Si/c1-19(2,3)27-18(25)22-11-14-9-13(17(23)24)10-21-16(14)15(22)12-26-28(7,8)20(4,5)6/h9-10,15H,11-12H2,1-8H3,(H,23,24)/t15-/m0/s1. The molecule has 0 saturated heterocycles. The van der Waals surface area contributed by atoms with Crippen molar-refractivity contribution in [3.05, 3.63) is 29.1 Å². The highest BCUT2D eigenvalue weighted by molar-refractivity contribution is 6.74. The van der Waals surface area contributed by atoms with Crippen LogP contribution in [0, 0.1) is 0 Å². The summed E-state index contributed by atoms with van der Waals surface area (Å²) in [4.78, 5) is 30.0. The molecule has 28 heavy (non-hydrogen) atoms. The molecule has 8 heteroatoms. The molecular weight excluding hydrogens is 376 g/mol. The van der Waals surface area contributed by atoms with Gasteiger partial charge in [0.15, 0.2) is 8.32 Å². The van der Waals surface area contributed by atoms with Gasteiger partial charge in [0, 0.05) is 6.20 Å². The van der Waals surface area contributed by atoms with Crippen LogP contribution >= 0.6 is 0 Å². The molecule has 2 rings (SSSR count). The molecule has 1 aliphatic rings. The minimum atomic E-state index is -2.03. The Morgan fingerprint density at radius 3 is 2.36 bits per heavy atom. The van der Waals surface area contributed by atoms with Gasteiger partial charge in [-0.1, -0.05) is 20.8 Å². The second kappa shape index (κ2) is 7.48. The molecule has 0 aromatic carbocycles. The summed E-state index contributed by atoms with van der Waals surface area (Å²) in [5.74, 6) is -1.04. The minimum Gasteiger partial charge on any atom is -0.478 e. The van der Waals surface area contributed by atoms with E-state index < -0.39 is 32.0 Å². The normalized spacial score (nSPS) is 17.4. The van der Waals surface area contributed by atoms with Crippen LogP contribution < -0.4 is 0 Å². The zero-order valence-electron chi connectivity index (χ0n) is 18.1. The molecule has 0 fully saturated rings. The number of pyridine rings is 1. The third-order valence-corrected chi connectivity index (χ3v) is 9.82. The number of hydrogen-bond acceptors (Lipinski definition) is 5. The second-order valence-corrected chi connectivity index (χ2v) is 14.6. The van der Waals surface area contributed by atoms with Gasteiger partial charge in [-0.05, 0) is 50.5 Å². The number of aromatic nitrogens is 1. The number of nitrogens with zero attached hydrogens (tertiary/aromatic N) is 2. The predicted octanol–water partition coefficient (Wildman–Crippen LogP) is 4.59. The highest BCUT2D eigenvalue weighted by atomic mass is 28.4. The number of carbonyl (C=O) groups is 2. The number of aromatic carboxylic acids is 1. The Morgan fingerprint density at radius 2 is 1.86 bits per heavy atom. The Balaban J connectivity index is 2.33. The summed E-state index contributed by atoms with van der Waals surface area (Å²) < 4.78 is 11.9. The number of amides is 1. The van der Waals surface area contributed by atoms with E-state index >= 15 is 0 Å². The van der Waals surface area contributed by atoms with E-state index in [1.807, 2.05) is 20.8 Å². The molecule has 1 aliphatic heterocycles. The van der Waals surface area contributed by atoms with E-state index in [2.05, 4.69) is 38.8 Å². The first-order chi connectivity index (χ1) is 12.6. The molecule has 0 unspecified atom stereocenters. The van der Waals surface area contributed by atoms with Crippen LogP contribution in [0.5, 0.6) is 0 Å². The van der Waals surface area contributed by atoms with E-state index in [4.69, 9.17) is 9.16 Å². The van der Waals surface area contributed by atoms with Gasteiger partial charge >= 0.3 is 12.1 Å². The molecule has 1 atom stereocenters. The van der Waals surface area contributed by atoms with Crippen LogP contribution in [0.3, 0.4) is 0 Å². The van der Waals surface area contributed by atoms with Crippen molar-refractivity contribution in [2.75, 3.05) is 6.61 Å². The highest BCUT2D eigenvalue weighted by Gasteiger charge is 2.42. The van der Waals surface area contributed by atoms with Crippen molar-refractivity contribution in [2.45, 2.75) is 77.9 Å². The largest absolute Gasteiger partial charge is 0.478 e. The fourth-order valence-corrected chi connectivity index (χ4v) is 3.70. The summed E-state index contributed by atoms with van der Waals surface area (Å²) in [5, 5.41) is 9.28. The number of rotatable bonds is 4. The molecule has 0 radical (unpaired) electrons. The van der Waals surface area contributed by atoms with E-state index in [0.29, 0.717) is 12.3 Å². The van der Waals surface area contributed by atoms with Crippen molar-refractivity contribution in [1.82, 2.24) is 9.88 Å². The first-order valence-corrected chi connectivity index (χ1v) is 12.4. The number of ether oxygens (including phenoxy) is 1. The van der Waals surface area contributed by atoms with E-state index in [1.165, 1.54) is 6.20 Å². The lowest BCUT2D eigenvalue weighted by atomic mass is 10.1. The van der Waals surface area contributed by atoms with E-state index in [-0.39, 0.29) is 17.1 Å². The first-order valence-electron chi connectivity index (χ1n) is 9.48. The third kappa shape index (κ3) is 4.91. The van der Waals surface area contributed by atoms with Gasteiger partial charge in [0.05, 0.1) is 24.4 Å². The van der Waals surface area contributed by atoms with Crippen LogP contribution in [0.2, 0.25) is 18.1 Å². The lowest BCUT2D eigenvalue weighted by molar-refractivity contribution is 0.0114.